The minimum atomic E-state index is -0.622. The summed E-state index contributed by atoms with van der Waals surface area (Å²) in [5, 5.41) is 10.5. The zero-order valence-corrected chi connectivity index (χ0v) is 12.4. The van der Waals surface area contributed by atoms with E-state index in [1.807, 2.05) is 27.7 Å². The second kappa shape index (κ2) is 7.01. The highest BCUT2D eigenvalue weighted by molar-refractivity contribution is 5.27. The van der Waals surface area contributed by atoms with Crippen LogP contribution in [0.25, 0.3) is 0 Å². The van der Waals surface area contributed by atoms with Crippen molar-refractivity contribution in [3.05, 3.63) is 35.1 Å². The zero-order valence-electron chi connectivity index (χ0n) is 12.4. The second-order valence-corrected chi connectivity index (χ2v) is 5.00. The largest absolute Gasteiger partial charge is 0.390 e. The van der Waals surface area contributed by atoms with Crippen LogP contribution in [0.5, 0.6) is 0 Å². The van der Waals surface area contributed by atoms with Gasteiger partial charge in [0.2, 0.25) is 0 Å². The molecule has 0 aromatic heterocycles. The summed E-state index contributed by atoms with van der Waals surface area (Å²) in [6.45, 7) is 8.46. The molecule has 0 aliphatic rings. The molecule has 1 unspecified atom stereocenters. The highest BCUT2D eigenvalue weighted by Gasteiger charge is 2.35. The second-order valence-electron chi connectivity index (χ2n) is 5.00. The van der Waals surface area contributed by atoms with Gasteiger partial charge in [-0.1, -0.05) is 19.9 Å². The first-order valence-corrected chi connectivity index (χ1v) is 7.06. The molecule has 0 aliphatic heterocycles. The van der Waals surface area contributed by atoms with Crippen molar-refractivity contribution in [1.82, 2.24) is 0 Å². The van der Waals surface area contributed by atoms with E-state index in [4.69, 9.17) is 4.74 Å². The first-order chi connectivity index (χ1) is 8.99. The molecule has 19 heavy (non-hydrogen) atoms. The third kappa shape index (κ3) is 3.77. The van der Waals surface area contributed by atoms with Crippen molar-refractivity contribution in [3.63, 3.8) is 0 Å². The van der Waals surface area contributed by atoms with E-state index in [0.29, 0.717) is 13.0 Å². The Hall–Kier alpha value is -0.930. The van der Waals surface area contributed by atoms with E-state index in [0.717, 1.165) is 24.0 Å². The molecule has 108 valence electrons. The molecule has 2 nitrogen and oxygen atoms in total. The number of aliphatic hydroxyl groups is 1. The van der Waals surface area contributed by atoms with Gasteiger partial charge < -0.3 is 9.84 Å². The van der Waals surface area contributed by atoms with Crippen LogP contribution in [0.3, 0.4) is 0 Å². The molecule has 1 atom stereocenters. The standard InChI is InChI=1S/C16H25FO2/c1-5-16(6-2,19-7-3)15(18)11-13-10-14(17)9-8-12(13)4/h8-10,15,18H,5-7,11H2,1-4H3. The van der Waals surface area contributed by atoms with Gasteiger partial charge in [0.1, 0.15) is 5.82 Å². The molecule has 3 heteroatoms. The van der Waals surface area contributed by atoms with Crippen molar-refractivity contribution in [2.45, 2.75) is 58.7 Å². The summed E-state index contributed by atoms with van der Waals surface area (Å²) in [6, 6.07) is 4.69. The van der Waals surface area contributed by atoms with Crippen molar-refractivity contribution in [1.29, 1.82) is 0 Å². The van der Waals surface area contributed by atoms with Gasteiger partial charge in [0.05, 0.1) is 11.7 Å². The molecule has 1 rings (SSSR count). The third-order valence-electron chi connectivity index (χ3n) is 3.96. The highest BCUT2D eigenvalue weighted by atomic mass is 19.1. The number of ether oxygens (including phenoxy) is 1. The Morgan fingerprint density at radius 1 is 1.26 bits per heavy atom. The molecule has 0 radical (unpaired) electrons. The minimum absolute atomic E-state index is 0.261. The maximum atomic E-state index is 13.3. The fourth-order valence-corrected chi connectivity index (χ4v) is 2.56. The van der Waals surface area contributed by atoms with Crippen LogP contribution in [-0.4, -0.2) is 23.4 Å². The quantitative estimate of drug-likeness (QED) is 0.818. The summed E-state index contributed by atoms with van der Waals surface area (Å²) >= 11 is 0. The van der Waals surface area contributed by atoms with E-state index < -0.39 is 11.7 Å². The van der Waals surface area contributed by atoms with E-state index in [-0.39, 0.29) is 5.82 Å². The predicted octanol–water partition coefficient (Wildman–Crippen LogP) is 3.63. The molecule has 1 aromatic rings. The number of aliphatic hydroxyl groups excluding tert-OH is 1. The smallest absolute Gasteiger partial charge is 0.123 e. The fraction of sp³-hybridized carbons (Fsp3) is 0.625. The molecule has 1 N–H and O–H groups in total. The number of hydrogen-bond donors (Lipinski definition) is 1. The molecule has 0 bridgehead atoms. The molecule has 0 saturated carbocycles. The van der Waals surface area contributed by atoms with Crippen molar-refractivity contribution in [2.24, 2.45) is 0 Å². The Bertz CT molecular complexity index is 400. The summed E-state index contributed by atoms with van der Waals surface area (Å²) < 4.78 is 19.1. The lowest BCUT2D eigenvalue weighted by Crippen LogP contribution is -2.45. The molecule has 0 aliphatic carbocycles. The van der Waals surface area contributed by atoms with Gasteiger partial charge in [0.15, 0.2) is 0 Å². The molecule has 0 fully saturated rings. The van der Waals surface area contributed by atoms with Crippen molar-refractivity contribution in [3.8, 4) is 0 Å². The minimum Gasteiger partial charge on any atom is -0.390 e. The van der Waals surface area contributed by atoms with Crippen LogP contribution in [0.15, 0.2) is 18.2 Å². The van der Waals surface area contributed by atoms with Crippen LogP contribution in [0.1, 0.15) is 44.7 Å². The van der Waals surface area contributed by atoms with E-state index in [2.05, 4.69) is 0 Å². The van der Waals surface area contributed by atoms with E-state index in [9.17, 15) is 9.50 Å². The Morgan fingerprint density at radius 2 is 1.89 bits per heavy atom. The maximum Gasteiger partial charge on any atom is 0.123 e. The van der Waals surface area contributed by atoms with Gasteiger partial charge in [-0.05, 0) is 49.9 Å². The molecule has 0 amide bonds. The van der Waals surface area contributed by atoms with Gasteiger partial charge in [0, 0.05) is 13.0 Å². The Labute approximate surface area is 115 Å². The van der Waals surface area contributed by atoms with Gasteiger partial charge in [-0.3, -0.25) is 0 Å². The summed E-state index contributed by atoms with van der Waals surface area (Å²) in [4.78, 5) is 0. The van der Waals surface area contributed by atoms with Crippen LogP contribution in [0.2, 0.25) is 0 Å². The van der Waals surface area contributed by atoms with Crippen LogP contribution < -0.4 is 0 Å². The molecule has 0 heterocycles. The van der Waals surface area contributed by atoms with Gasteiger partial charge >= 0.3 is 0 Å². The Balaban J connectivity index is 2.92. The lowest BCUT2D eigenvalue weighted by Gasteiger charge is -2.36. The van der Waals surface area contributed by atoms with Crippen LogP contribution in [0, 0.1) is 12.7 Å². The van der Waals surface area contributed by atoms with Crippen molar-refractivity contribution < 1.29 is 14.2 Å². The van der Waals surface area contributed by atoms with Crippen LogP contribution in [0.4, 0.5) is 4.39 Å². The number of rotatable bonds is 7. The predicted molar refractivity (Wildman–Crippen MR) is 75.8 cm³/mol. The SMILES string of the molecule is CCOC(CC)(CC)C(O)Cc1cc(F)ccc1C. The summed E-state index contributed by atoms with van der Waals surface area (Å²) in [6.07, 6.45) is 1.29. The molecule has 0 spiro atoms. The van der Waals surface area contributed by atoms with Crippen molar-refractivity contribution in [2.75, 3.05) is 6.61 Å². The number of benzene rings is 1. The van der Waals surface area contributed by atoms with E-state index >= 15 is 0 Å². The van der Waals surface area contributed by atoms with Gasteiger partial charge in [-0.25, -0.2) is 4.39 Å². The Kier molecular flexibility index (Phi) is 5.95. The third-order valence-corrected chi connectivity index (χ3v) is 3.96. The average Bonchev–Trinajstić information content (AvgIpc) is 2.40. The van der Waals surface area contributed by atoms with E-state index in [1.165, 1.54) is 12.1 Å². The average molecular weight is 268 g/mol. The van der Waals surface area contributed by atoms with Gasteiger partial charge in [-0.15, -0.1) is 0 Å². The Morgan fingerprint density at radius 3 is 2.42 bits per heavy atom. The summed E-state index contributed by atoms with van der Waals surface area (Å²) in [5.41, 5.74) is 1.31. The van der Waals surface area contributed by atoms with Crippen molar-refractivity contribution >= 4 is 0 Å². The van der Waals surface area contributed by atoms with Crippen LogP contribution in [-0.2, 0) is 11.2 Å². The molecular weight excluding hydrogens is 243 g/mol. The summed E-state index contributed by atoms with van der Waals surface area (Å²) in [5.74, 6) is -0.261. The summed E-state index contributed by atoms with van der Waals surface area (Å²) in [7, 11) is 0. The van der Waals surface area contributed by atoms with E-state index in [1.54, 1.807) is 6.07 Å². The van der Waals surface area contributed by atoms with Gasteiger partial charge in [0.25, 0.3) is 0 Å². The first-order valence-electron chi connectivity index (χ1n) is 7.06. The molecule has 1 aromatic carbocycles. The number of aryl methyl sites for hydroxylation is 1. The number of halogens is 1. The molecular formula is C16H25FO2. The van der Waals surface area contributed by atoms with Gasteiger partial charge in [-0.2, -0.15) is 0 Å². The number of hydrogen-bond acceptors (Lipinski definition) is 2. The first kappa shape index (κ1) is 16.1. The fourth-order valence-electron chi connectivity index (χ4n) is 2.56. The molecule has 0 saturated heterocycles. The highest BCUT2D eigenvalue weighted by Crippen LogP contribution is 2.28. The monoisotopic (exact) mass is 268 g/mol. The lowest BCUT2D eigenvalue weighted by atomic mass is 9.85. The zero-order chi connectivity index (χ0) is 14.5. The van der Waals surface area contributed by atoms with Crippen LogP contribution >= 0.6 is 0 Å². The topological polar surface area (TPSA) is 29.5 Å². The normalized spacial score (nSPS) is 13.6. The maximum absolute atomic E-state index is 13.3. The lowest BCUT2D eigenvalue weighted by molar-refractivity contribution is -0.124.